The van der Waals surface area contributed by atoms with Crippen LogP contribution in [0, 0.1) is 10.8 Å². The van der Waals surface area contributed by atoms with Crippen molar-refractivity contribution in [3.8, 4) is 0 Å². The van der Waals surface area contributed by atoms with Crippen molar-refractivity contribution in [2.45, 2.75) is 58.7 Å². The Labute approximate surface area is 145 Å². The second-order valence-corrected chi connectivity index (χ2v) is 9.13. The number of carbonyl (C=O) groups is 1. The van der Waals surface area contributed by atoms with E-state index in [4.69, 9.17) is 4.74 Å². The van der Waals surface area contributed by atoms with Crippen molar-refractivity contribution >= 4 is 6.09 Å². The minimum absolute atomic E-state index is 0. The van der Waals surface area contributed by atoms with E-state index in [1.54, 1.807) is 0 Å². The summed E-state index contributed by atoms with van der Waals surface area (Å²) < 4.78 is 7.58. The number of hydrogen-bond acceptors (Lipinski definition) is 4. The zero-order valence-corrected chi connectivity index (χ0v) is 15.0. The van der Waals surface area contributed by atoms with Gasteiger partial charge in [-0.1, -0.05) is 0 Å². The number of aromatic nitrogens is 2. The van der Waals surface area contributed by atoms with E-state index in [9.17, 15) is 4.79 Å². The molecule has 0 spiro atoms. The molecule has 6 heteroatoms. The number of nitrogens with one attached hydrogen (secondary N) is 1. The zero-order valence-electron chi connectivity index (χ0n) is 15.0. The summed E-state index contributed by atoms with van der Waals surface area (Å²) >= 11 is 0. The number of imidazole rings is 1. The minimum Gasteiger partial charge on any atom is -0.444 e. The van der Waals surface area contributed by atoms with Gasteiger partial charge in [0.25, 0.3) is 0 Å². The van der Waals surface area contributed by atoms with Gasteiger partial charge >= 0.3 is 6.09 Å². The fourth-order valence-electron chi connectivity index (χ4n) is 4.99. The lowest BCUT2D eigenvalue weighted by Crippen LogP contribution is -2.69. The Morgan fingerprint density at radius 2 is 2.08 bits per heavy atom. The van der Waals surface area contributed by atoms with Gasteiger partial charge in [0, 0.05) is 40.0 Å². The third-order valence-corrected chi connectivity index (χ3v) is 5.64. The van der Waals surface area contributed by atoms with Crippen LogP contribution in [0.1, 0.15) is 47.3 Å². The molecule has 1 aliphatic heterocycles. The van der Waals surface area contributed by atoms with Crippen molar-refractivity contribution < 1.29 is 11.0 Å². The standard InChI is InChI=1S/C18H28N4O2.H2/c1-16(2,3)24-15(23)20-12-17-9-18(10-17,11-17)13-21-6-7-22-5-4-19-14(22)8-21;/h4-5H,6-13H2,1-3H3,(H,20,23);1H. The molecule has 4 aliphatic rings. The smallest absolute Gasteiger partial charge is 0.407 e. The average Bonchev–Trinajstić information content (AvgIpc) is 2.85. The number of rotatable bonds is 4. The predicted octanol–water partition coefficient (Wildman–Crippen LogP) is 2.64. The molecule has 3 aliphatic carbocycles. The van der Waals surface area contributed by atoms with Crippen LogP contribution >= 0.6 is 0 Å². The number of fused-ring (bicyclic) bond motifs is 1. The number of amides is 1. The number of alkyl carbamates (subject to hydrolysis) is 1. The Morgan fingerprint density at radius 3 is 2.79 bits per heavy atom. The zero-order chi connectivity index (χ0) is 17.0. The lowest BCUT2D eigenvalue weighted by atomic mass is 9.35. The summed E-state index contributed by atoms with van der Waals surface area (Å²) in [6.07, 6.45) is 7.40. The molecule has 0 saturated heterocycles. The van der Waals surface area contributed by atoms with Crippen molar-refractivity contribution in [3.05, 3.63) is 18.2 Å². The van der Waals surface area contributed by atoms with E-state index in [0.29, 0.717) is 10.8 Å². The van der Waals surface area contributed by atoms with E-state index in [1.807, 2.05) is 27.0 Å². The predicted molar refractivity (Wildman–Crippen MR) is 92.6 cm³/mol. The number of ether oxygens (including phenoxy) is 1. The molecular formula is C18H30N4O2. The van der Waals surface area contributed by atoms with E-state index < -0.39 is 5.60 Å². The summed E-state index contributed by atoms with van der Waals surface area (Å²) in [4.78, 5) is 18.8. The van der Waals surface area contributed by atoms with Crippen LogP contribution in [0.4, 0.5) is 4.79 Å². The van der Waals surface area contributed by atoms with Gasteiger partial charge < -0.3 is 14.6 Å². The molecule has 134 valence electrons. The van der Waals surface area contributed by atoms with E-state index in [-0.39, 0.29) is 7.52 Å². The Morgan fingerprint density at radius 1 is 1.33 bits per heavy atom. The van der Waals surface area contributed by atoms with E-state index in [1.165, 1.54) is 31.6 Å². The Bertz CT molecular complexity index is 632. The summed E-state index contributed by atoms with van der Waals surface area (Å²) in [5, 5.41) is 2.96. The molecule has 2 bridgehead atoms. The van der Waals surface area contributed by atoms with E-state index >= 15 is 0 Å². The Hall–Kier alpha value is -1.56. The lowest BCUT2D eigenvalue weighted by Gasteiger charge is -2.72. The van der Waals surface area contributed by atoms with Gasteiger partial charge in [0.05, 0.1) is 6.54 Å². The van der Waals surface area contributed by atoms with Crippen molar-refractivity contribution in [3.63, 3.8) is 0 Å². The SMILES string of the molecule is CC(C)(C)OC(=O)NCC12CC(CN3CCn4ccnc4C3)(C1)C2.[HH]. The third-order valence-electron chi connectivity index (χ3n) is 5.64. The first-order valence-electron chi connectivity index (χ1n) is 8.96. The summed E-state index contributed by atoms with van der Waals surface area (Å²) in [5.74, 6) is 1.19. The molecular weight excluding hydrogens is 304 g/mol. The van der Waals surface area contributed by atoms with Crippen molar-refractivity contribution in [1.29, 1.82) is 0 Å². The third kappa shape index (κ3) is 2.92. The molecule has 1 N–H and O–H groups in total. The quantitative estimate of drug-likeness (QED) is 0.919. The highest BCUT2D eigenvalue weighted by atomic mass is 16.6. The number of carbonyl (C=O) groups excluding carboxylic acids is 1. The van der Waals surface area contributed by atoms with Gasteiger partial charge in [0.1, 0.15) is 11.4 Å². The van der Waals surface area contributed by atoms with Crippen molar-refractivity contribution in [1.82, 2.24) is 19.8 Å². The van der Waals surface area contributed by atoms with E-state index in [0.717, 1.165) is 26.2 Å². The summed E-state index contributed by atoms with van der Waals surface area (Å²) in [6.45, 7) is 10.8. The highest BCUT2D eigenvalue weighted by Gasteiger charge is 2.67. The molecule has 24 heavy (non-hydrogen) atoms. The first-order valence-corrected chi connectivity index (χ1v) is 8.96. The van der Waals surface area contributed by atoms with Gasteiger partial charge in [-0.15, -0.1) is 0 Å². The Kier molecular flexibility index (Phi) is 3.46. The molecule has 1 amide bonds. The van der Waals surface area contributed by atoms with Crippen molar-refractivity contribution in [2.24, 2.45) is 10.8 Å². The van der Waals surface area contributed by atoms with Crippen LogP contribution in [-0.4, -0.2) is 45.8 Å². The fourth-order valence-corrected chi connectivity index (χ4v) is 4.99. The molecule has 5 rings (SSSR count). The topological polar surface area (TPSA) is 59.4 Å². The van der Waals surface area contributed by atoms with Crippen LogP contribution in [0.15, 0.2) is 12.4 Å². The van der Waals surface area contributed by atoms with Gasteiger partial charge in [0.15, 0.2) is 0 Å². The van der Waals surface area contributed by atoms with Crippen LogP contribution in [0.3, 0.4) is 0 Å². The largest absolute Gasteiger partial charge is 0.444 e. The van der Waals surface area contributed by atoms with Crippen LogP contribution in [-0.2, 0) is 17.8 Å². The lowest BCUT2D eigenvalue weighted by molar-refractivity contribution is -0.211. The van der Waals surface area contributed by atoms with Gasteiger partial charge in [-0.2, -0.15) is 0 Å². The molecule has 3 saturated carbocycles. The second-order valence-electron chi connectivity index (χ2n) is 9.13. The molecule has 6 nitrogen and oxygen atoms in total. The first kappa shape index (κ1) is 15.9. The maximum atomic E-state index is 11.8. The summed E-state index contributed by atoms with van der Waals surface area (Å²) in [6, 6.07) is 0. The number of nitrogens with zero attached hydrogens (tertiary/aromatic N) is 3. The highest BCUT2D eigenvalue weighted by Crippen LogP contribution is 2.73. The van der Waals surface area contributed by atoms with Crippen molar-refractivity contribution in [2.75, 3.05) is 19.6 Å². The molecule has 0 aromatic carbocycles. The first-order chi connectivity index (χ1) is 11.3. The molecule has 0 atom stereocenters. The van der Waals surface area contributed by atoms with E-state index in [2.05, 4.69) is 26.0 Å². The second kappa shape index (κ2) is 5.22. The monoisotopic (exact) mass is 334 g/mol. The van der Waals surface area contributed by atoms with Gasteiger partial charge in [0.2, 0.25) is 0 Å². The van der Waals surface area contributed by atoms with Crippen LogP contribution in [0.25, 0.3) is 0 Å². The molecule has 1 aromatic rings. The van der Waals surface area contributed by atoms with Gasteiger partial charge in [-0.05, 0) is 50.9 Å². The summed E-state index contributed by atoms with van der Waals surface area (Å²) in [5.41, 5.74) is 0.403. The molecule has 1 aromatic heterocycles. The van der Waals surface area contributed by atoms with Crippen LogP contribution in [0.2, 0.25) is 0 Å². The van der Waals surface area contributed by atoms with Crippen LogP contribution in [0.5, 0.6) is 0 Å². The number of hydrogen-bond donors (Lipinski definition) is 1. The maximum Gasteiger partial charge on any atom is 0.407 e. The average molecular weight is 334 g/mol. The molecule has 2 heterocycles. The summed E-state index contributed by atoms with van der Waals surface area (Å²) in [7, 11) is 0. The molecule has 0 unspecified atom stereocenters. The molecule has 0 radical (unpaired) electrons. The maximum absolute atomic E-state index is 11.8. The minimum atomic E-state index is -0.426. The van der Waals surface area contributed by atoms with Gasteiger partial charge in [-0.3, -0.25) is 4.90 Å². The normalized spacial score (nSPS) is 31.6. The molecule has 3 fully saturated rings. The fraction of sp³-hybridized carbons (Fsp3) is 0.778. The van der Waals surface area contributed by atoms with Gasteiger partial charge in [-0.25, -0.2) is 9.78 Å². The highest BCUT2D eigenvalue weighted by molar-refractivity contribution is 5.67. The Balaban J connectivity index is 0.00000182. The van der Waals surface area contributed by atoms with Crippen LogP contribution < -0.4 is 5.32 Å².